The fourth-order valence-electron chi connectivity index (χ4n) is 1.10. The van der Waals surface area contributed by atoms with Gasteiger partial charge in [0.1, 0.15) is 11.8 Å². The summed E-state index contributed by atoms with van der Waals surface area (Å²) in [4.78, 5) is 14.1. The van der Waals surface area contributed by atoms with Gasteiger partial charge in [-0.15, -0.1) is 11.6 Å². The Bertz CT molecular complexity index is 429. The van der Waals surface area contributed by atoms with Crippen molar-refractivity contribution in [2.75, 3.05) is 0 Å². The molecule has 1 aromatic rings. The van der Waals surface area contributed by atoms with Crippen molar-refractivity contribution >= 4 is 17.9 Å². The molecule has 15 heavy (non-hydrogen) atoms. The first-order valence-electron chi connectivity index (χ1n) is 3.87. The van der Waals surface area contributed by atoms with Gasteiger partial charge in [-0.1, -0.05) is 0 Å². The van der Waals surface area contributed by atoms with Gasteiger partial charge in [-0.2, -0.15) is 5.26 Å². The lowest BCUT2D eigenvalue weighted by molar-refractivity contribution is 0.111. The maximum atomic E-state index is 12.5. The Labute approximate surface area is 89.3 Å². The van der Waals surface area contributed by atoms with E-state index in [4.69, 9.17) is 16.9 Å². The van der Waals surface area contributed by atoms with Crippen LogP contribution in [-0.4, -0.2) is 11.3 Å². The molecule has 6 heteroatoms. The molecule has 0 amide bonds. The topological polar surface area (TPSA) is 53.8 Å². The van der Waals surface area contributed by atoms with Gasteiger partial charge in [0.2, 0.25) is 0 Å². The molecular formula is C9H5ClF2N2O. The number of rotatable bonds is 3. The van der Waals surface area contributed by atoms with E-state index in [0.717, 1.165) is 6.07 Å². The Morgan fingerprint density at radius 3 is 2.73 bits per heavy atom. The number of aldehydes is 1. The maximum absolute atomic E-state index is 12.5. The van der Waals surface area contributed by atoms with Crippen molar-refractivity contribution < 1.29 is 13.6 Å². The van der Waals surface area contributed by atoms with Crippen LogP contribution in [0.3, 0.4) is 0 Å². The van der Waals surface area contributed by atoms with E-state index in [1.54, 1.807) is 6.07 Å². The second-order valence-corrected chi connectivity index (χ2v) is 2.89. The first-order chi connectivity index (χ1) is 7.13. The van der Waals surface area contributed by atoms with E-state index in [2.05, 4.69) is 4.98 Å². The van der Waals surface area contributed by atoms with E-state index in [1.165, 1.54) is 0 Å². The molecule has 0 aliphatic carbocycles. The first-order valence-corrected chi connectivity index (χ1v) is 4.40. The van der Waals surface area contributed by atoms with Crippen molar-refractivity contribution in [3.63, 3.8) is 0 Å². The molecule has 0 N–H and O–H groups in total. The summed E-state index contributed by atoms with van der Waals surface area (Å²) in [5.74, 6) is -0.190. The molecule has 0 spiro atoms. The zero-order chi connectivity index (χ0) is 11.4. The lowest BCUT2D eigenvalue weighted by atomic mass is 10.1. The summed E-state index contributed by atoms with van der Waals surface area (Å²) >= 11 is 5.44. The van der Waals surface area contributed by atoms with E-state index in [-0.39, 0.29) is 22.8 Å². The molecule has 1 heterocycles. The third kappa shape index (κ3) is 2.28. The van der Waals surface area contributed by atoms with Gasteiger partial charge in [-0.25, -0.2) is 13.8 Å². The predicted molar refractivity (Wildman–Crippen MR) is 48.9 cm³/mol. The molecule has 0 bridgehead atoms. The minimum atomic E-state index is -2.83. The number of alkyl halides is 3. The highest BCUT2D eigenvalue weighted by molar-refractivity contribution is 6.17. The molecule has 0 unspecified atom stereocenters. The third-order valence-electron chi connectivity index (χ3n) is 1.74. The summed E-state index contributed by atoms with van der Waals surface area (Å²) in [6.07, 6.45) is -2.49. The molecule has 1 rings (SSSR count). The smallest absolute Gasteiger partial charge is 0.265 e. The molecule has 0 saturated carbocycles. The van der Waals surface area contributed by atoms with Crippen molar-refractivity contribution in [1.82, 2.24) is 4.98 Å². The molecule has 78 valence electrons. The highest BCUT2D eigenvalue weighted by atomic mass is 35.5. The van der Waals surface area contributed by atoms with Crippen LogP contribution in [0.2, 0.25) is 0 Å². The number of carbonyl (C=O) groups is 1. The van der Waals surface area contributed by atoms with Crippen LogP contribution in [0.5, 0.6) is 0 Å². The number of hydrogen-bond acceptors (Lipinski definition) is 3. The Morgan fingerprint density at radius 2 is 2.33 bits per heavy atom. The van der Waals surface area contributed by atoms with Gasteiger partial charge >= 0.3 is 0 Å². The Morgan fingerprint density at radius 1 is 1.67 bits per heavy atom. The second-order valence-electron chi connectivity index (χ2n) is 2.62. The van der Waals surface area contributed by atoms with Crippen LogP contribution in [0.15, 0.2) is 6.07 Å². The summed E-state index contributed by atoms with van der Waals surface area (Å²) in [5, 5.41) is 8.67. The van der Waals surface area contributed by atoms with Crippen molar-refractivity contribution in [2.45, 2.75) is 12.3 Å². The van der Waals surface area contributed by atoms with Crippen molar-refractivity contribution in [3.05, 3.63) is 28.6 Å². The van der Waals surface area contributed by atoms with Crippen LogP contribution in [0.1, 0.15) is 33.7 Å². The number of hydrogen-bond donors (Lipinski definition) is 0. The van der Waals surface area contributed by atoms with Crippen LogP contribution in [-0.2, 0) is 5.88 Å². The van der Waals surface area contributed by atoms with E-state index >= 15 is 0 Å². The van der Waals surface area contributed by atoms with Gasteiger partial charge in [-0.3, -0.25) is 4.79 Å². The quantitative estimate of drug-likeness (QED) is 0.592. The largest absolute Gasteiger partial charge is 0.296 e. The standard InChI is InChI=1S/C9H5ClF2N2O/c10-2-8-7(3-13)6(9(11)12)1-5(4-15)14-8/h1,4,9H,2H2. The normalized spacial score (nSPS) is 10.1. The molecule has 3 nitrogen and oxygen atoms in total. The second kappa shape index (κ2) is 4.80. The molecule has 0 atom stereocenters. The predicted octanol–water partition coefficient (Wildman–Crippen LogP) is 2.44. The number of halogens is 3. The number of pyridine rings is 1. The molecule has 0 aliphatic heterocycles. The van der Waals surface area contributed by atoms with Crippen LogP contribution in [0, 0.1) is 11.3 Å². The minimum Gasteiger partial charge on any atom is -0.296 e. The van der Waals surface area contributed by atoms with Crippen molar-refractivity contribution in [1.29, 1.82) is 5.26 Å². The highest BCUT2D eigenvalue weighted by Crippen LogP contribution is 2.25. The molecular weight excluding hydrogens is 226 g/mol. The Kier molecular flexibility index (Phi) is 3.69. The Hall–Kier alpha value is -1.54. The fraction of sp³-hybridized carbons (Fsp3) is 0.222. The average molecular weight is 231 g/mol. The fourth-order valence-corrected chi connectivity index (χ4v) is 1.29. The first kappa shape index (κ1) is 11.5. The van der Waals surface area contributed by atoms with Crippen molar-refractivity contribution in [2.24, 2.45) is 0 Å². The van der Waals surface area contributed by atoms with Crippen LogP contribution in [0.4, 0.5) is 8.78 Å². The third-order valence-corrected chi connectivity index (χ3v) is 1.99. The van der Waals surface area contributed by atoms with E-state index in [0.29, 0.717) is 6.29 Å². The summed E-state index contributed by atoms with van der Waals surface area (Å²) in [5.41, 5.74) is -0.921. The number of aromatic nitrogens is 1. The van der Waals surface area contributed by atoms with Gasteiger partial charge in [0, 0.05) is 5.56 Å². The summed E-state index contributed by atoms with van der Waals surface area (Å²) in [6.45, 7) is 0. The van der Waals surface area contributed by atoms with E-state index in [1.807, 2.05) is 0 Å². The lowest BCUT2D eigenvalue weighted by Gasteiger charge is -2.06. The minimum absolute atomic E-state index is 0.000864. The summed E-state index contributed by atoms with van der Waals surface area (Å²) in [6, 6.07) is 2.50. The zero-order valence-electron chi connectivity index (χ0n) is 7.38. The zero-order valence-corrected chi connectivity index (χ0v) is 8.13. The maximum Gasteiger partial charge on any atom is 0.265 e. The molecule has 1 aromatic heterocycles. The number of nitrogens with zero attached hydrogens (tertiary/aromatic N) is 2. The van der Waals surface area contributed by atoms with Gasteiger partial charge < -0.3 is 0 Å². The molecule has 0 radical (unpaired) electrons. The van der Waals surface area contributed by atoms with Crippen LogP contribution < -0.4 is 0 Å². The van der Waals surface area contributed by atoms with Gasteiger partial charge in [0.15, 0.2) is 6.29 Å². The van der Waals surface area contributed by atoms with E-state index < -0.39 is 12.0 Å². The number of nitriles is 1. The van der Waals surface area contributed by atoms with Crippen molar-refractivity contribution in [3.8, 4) is 6.07 Å². The van der Waals surface area contributed by atoms with Gasteiger partial charge in [-0.05, 0) is 6.07 Å². The highest BCUT2D eigenvalue weighted by Gasteiger charge is 2.18. The number of carbonyl (C=O) groups excluding carboxylic acids is 1. The molecule has 0 aliphatic rings. The Balaban J connectivity index is 3.47. The lowest BCUT2D eigenvalue weighted by Crippen LogP contribution is -2.02. The molecule has 0 aromatic carbocycles. The molecule has 0 fully saturated rings. The van der Waals surface area contributed by atoms with Crippen LogP contribution >= 0.6 is 11.6 Å². The van der Waals surface area contributed by atoms with E-state index in [9.17, 15) is 13.6 Å². The SMILES string of the molecule is N#Cc1c(C(F)F)cc(C=O)nc1CCl. The molecule has 0 saturated heterocycles. The summed E-state index contributed by atoms with van der Waals surface area (Å²) in [7, 11) is 0. The summed E-state index contributed by atoms with van der Waals surface area (Å²) < 4.78 is 25.0. The average Bonchev–Trinajstić information content (AvgIpc) is 2.26. The van der Waals surface area contributed by atoms with Crippen LogP contribution in [0.25, 0.3) is 0 Å². The van der Waals surface area contributed by atoms with Gasteiger partial charge in [0.05, 0.1) is 17.1 Å². The monoisotopic (exact) mass is 230 g/mol. The van der Waals surface area contributed by atoms with Gasteiger partial charge in [0.25, 0.3) is 6.43 Å².